The Hall–Kier alpha value is -5.74. The smallest absolute Gasteiger partial charge is 0.322 e. The molecule has 0 spiro atoms. The van der Waals surface area contributed by atoms with E-state index in [2.05, 4.69) is 30.9 Å². The third-order valence-electron chi connectivity index (χ3n) is 7.13. The number of carbonyl (C=O) groups excluding carboxylic acids is 3. The zero-order chi connectivity index (χ0) is 38.4. The molecule has 0 aliphatic carbocycles. The number of benzene rings is 1. The third-order valence-corrected chi connectivity index (χ3v) is 8.42. The van der Waals surface area contributed by atoms with Gasteiger partial charge < -0.3 is 57.3 Å². The number of carboxylic acids is 3. The molecule has 0 aliphatic rings. The van der Waals surface area contributed by atoms with Crippen LogP contribution in [-0.2, 0) is 46.6 Å². The second kappa shape index (κ2) is 19.6. The Morgan fingerprint density at radius 2 is 1.63 bits per heavy atom. The van der Waals surface area contributed by atoms with Gasteiger partial charge in [0.15, 0.2) is 17.0 Å². The Morgan fingerprint density at radius 3 is 2.27 bits per heavy atom. The molecule has 52 heavy (non-hydrogen) atoms. The second-order valence-corrected chi connectivity index (χ2v) is 12.3. The van der Waals surface area contributed by atoms with Crippen molar-refractivity contribution < 1.29 is 58.7 Å². The molecule has 21 nitrogen and oxygen atoms in total. The third kappa shape index (κ3) is 12.5. The zero-order valence-corrected chi connectivity index (χ0v) is 28.6. The number of ether oxygens (including phenoxy) is 2. The van der Waals surface area contributed by atoms with Crippen LogP contribution in [0.2, 0.25) is 0 Å². The first-order valence-electron chi connectivity index (χ1n) is 15.5. The van der Waals surface area contributed by atoms with Crippen LogP contribution in [0.15, 0.2) is 24.3 Å². The Morgan fingerprint density at radius 1 is 0.942 bits per heavy atom. The average molecular weight is 750 g/mol. The van der Waals surface area contributed by atoms with Crippen LogP contribution in [0, 0.1) is 0 Å². The molecule has 0 saturated carbocycles. The SMILES string of the molecule is COCCOc1nc(N)c2nc(O)n(Cc3ccc(CNC(=O)CC(SCC(NC(=O)CCC(N)C(=O)O)C(=O)NCC(=O)O)C(=O)O)cc3)c2n1. The van der Waals surface area contributed by atoms with Crippen LogP contribution in [-0.4, -0.2) is 126 Å². The molecule has 0 saturated heterocycles. The number of nitrogens with zero attached hydrogens (tertiary/aromatic N) is 4. The molecule has 3 amide bonds. The highest BCUT2D eigenvalue weighted by Gasteiger charge is 2.28. The van der Waals surface area contributed by atoms with Gasteiger partial charge in [-0.2, -0.15) is 15.0 Å². The number of rotatable bonds is 22. The molecular weight excluding hydrogens is 710 g/mol. The summed E-state index contributed by atoms with van der Waals surface area (Å²) in [6.07, 6.45) is -1.12. The number of aromatic nitrogens is 4. The number of carboxylic acid groups (broad SMARTS) is 3. The Bertz CT molecular complexity index is 1760. The zero-order valence-electron chi connectivity index (χ0n) is 27.8. The van der Waals surface area contributed by atoms with Gasteiger partial charge in [0.1, 0.15) is 30.5 Å². The van der Waals surface area contributed by atoms with E-state index in [4.69, 9.17) is 31.2 Å². The molecule has 2 aromatic heterocycles. The number of anilines is 1. The maximum atomic E-state index is 12.7. The predicted molar refractivity (Wildman–Crippen MR) is 182 cm³/mol. The summed E-state index contributed by atoms with van der Waals surface area (Å²) in [6, 6.07) is 3.81. The first-order chi connectivity index (χ1) is 24.7. The summed E-state index contributed by atoms with van der Waals surface area (Å²) in [7, 11) is 1.51. The number of amides is 3. The predicted octanol–water partition coefficient (Wildman–Crippen LogP) is -1.74. The lowest BCUT2D eigenvalue weighted by Crippen LogP contribution is -2.50. The van der Waals surface area contributed by atoms with Crippen LogP contribution in [0.3, 0.4) is 0 Å². The molecule has 2 heterocycles. The van der Waals surface area contributed by atoms with E-state index in [1.807, 2.05) is 0 Å². The average Bonchev–Trinajstić information content (AvgIpc) is 3.41. The van der Waals surface area contributed by atoms with E-state index in [1.165, 1.54) is 11.7 Å². The molecule has 0 bridgehead atoms. The molecule has 22 heteroatoms. The number of carbonyl (C=O) groups is 6. The number of aromatic hydroxyl groups is 1. The van der Waals surface area contributed by atoms with E-state index in [1.54, 1.807) is 24.3 Å². The number of hydrogen-bond donors (Lipinski definition) is 9. The van der Waals surface area contributed by atoms with Gasteiger partial charge in [-0.15, -0.1) is 11.8 Å². The van der Waals surface area contributed by atoms with E-state index < -0.39 is 65.9 Å². The molecule has 11 N–H and O–H groups in total. The highest BCUT2D eigenvalue weighted by atomic mass is 32.2. The number of hydrogen-bond acceptors (Lipinski definition) is 15. The van der Waals surface area contributed by atoms with Crippen LogP contribution >= 0.6 is 11.8 Å². The van der Waals surface area contributed by atoms with Crippen LogP contribution < -0.4 is 32.2 Å². The van der Waals surface area contributed by atoms with Crippen molar-refractivity contribution in [2.24, 2.45) is 5.73 Å². The summed E-state index contributed by atoms with van der Waals surface area (Å²) in [4.78, 5) is 83.8. The van der Waals surface area contributed by atoms with Gasteiger partial charge in [0.05, 0.1) is 13.2 Å². The van der Waals surface area contributed by atoms with Crippen molar-refractivity contribution in [3.8, 4) is 12.0 Å². The number of thioether (sulfide) groups is 1. The highest BCUT2D eigenvalue weighted by molar-refractivity contribution is 8.00. The first-order valence-corrected chi connectivity index (χ1v) is 16.5. The molecule has 282 valence electrons. The lowest BCUT2D eigenvalue weighted by molar-refractivity contribution is -0.139. The summed E-state index contributed by atoms with van der Waals surface area (Å²) < 4.78 is 11.8. The molecule has 0 aliphatic heterocycles. The molecule has 1 aromatic carbocycles. The maximum Gasteiger partial charge on any atom is 0.322 e. The Balaban J connectivity index is 1.58. The number of nitrogen functional groups attached to an aromatic ring is 1. The molecule has 0 fully saturated rings. The number of methoxy groups -OCH3 is 1. The first kappa shape index (κ1) is 40.7. The van der Waals surface area contributed by atoms with E-state index in [0.717, 1.165) is 5.56 Å². The molecule has 3 atom stereocenters. The van der Waals surface area contributed by atoms with Gasteiger partial charge >= 0.3 is 23.9 Å². The van der Waals surface area contributed by atoms with Gasteiger partial charge in [-0.1, -0.05) is 24.3 Å². The van der Waals surface area contributed by atoms with Crippen molar-refractivity contribution in [1.82, 2.24) is 35.5 Å². The van der Waals surface area contributed by atoms with Crippen LogP contribution in [0.5, 0.6) is 12.0 Å². The number of nitrogens with two attached hydrogens (primary N) is 2. The lowest BCUT2D eigenvalue weighted by Gasteiger charge is -2.20. The van der Waals surface area contributed by atoms with Crippen molar-refractivity contribution in [1.29, 1.82) is 0 Å². The molecule has 0 radical (unpaired) electrons. The molecular formula is C30H39N9O12S. The van der Waals surface area contributed by atoms with Crippen LogP contribution in [0.4, 0.5) is 5.82 Å². The van der Waals surface area contributed by atoms with Crippen LogP contribution in [0.1, 0.15) is 30.4 Å². The summed E-state index contributed by atoms with van der Waals surface area (Å²) in [5.41, 5.74) is 13.2. The normalized spacial score (nSPS) is 12.7. The van der Waals surface area contributed by atoms with Crippen molar-refractivity contribution in [3.63, 3.8) is 0 Å². The van der Waals surface area contributed by atoms with Crippen molar-refractivity contribution in [2.75, 3.05) is 38.4 Å². The topological polar surface area (TPSA) is 334 Å². The minimum Gasteiger partial charge on any atom is -0.480 e. The number of imidazole rings is 1. The quantitative estimate of drug-likeness (QED) is 0.0515. The highest BCUT2D eigenvalue weighted by Crippen LogP contribution is 2.26. The molecule has 3 unspecified atom stereocenters. The summed E-state index contributed by atoms with van der Waals surface area (Å²) in [5, 5.41) is 43.7. The Labute approximate surface area is 299 Å². The number of fused-ring (bicyclic) bond motifs is 1. The van der Waals surface area contributed by atoms with Gasteiger partial charge in [0.25, 0.3) is 6.01 Å². The fourth-order valence-electron chi connectivity index (χ4n) is 4.38. The van der Waals surface area contributed by atoms with E-state index >= 15 is 0 Å². The standard InChI is InChI=1S/C30H39N9O12S/c1-50-8-9-51-29-37-24(32)23-25(38-29)39(30(49)36-23)13-16-4-2-15(3-5-16)11-33-21(41)10-19(28(47)48)52-14-18(26(44)34-12-22(42)43)35-20(40)7-6-17(31)27(45)46/h2-5,17-19H,6-14,31H2,1H3,(H,33,41)(H,34,44)(H,35,40)(H,36,49)(H,42,43)(H,45,46)(H,47,48)(H2,32,37,38). The second-order valence-electron chi connectivity index (χ2n) is 11.1. The van der Waals surface area contributed by atoms with E-state index in [9.17, 15) is 39.0 Å². The summed E-state index contributed by atoms with van der Waals surface area (Å²) in [5.74, 6) is -6.72. The van der Waals surface area contributed by atoms with Gasteiger partial charge in [-0.05, 0) is 17.5 Å². The number of aliphatic carboxylic acids is 3. The molecule has 3 aromatic rings. The largest absolute Gasteiger partial charge is 0.480 e. The van der Waals surface area contributed by atoms with Crippen molar-refractivity contribution in [2.45, 2.75) is 49.7 Å². The molecule has 3 rings (SSSR count). The van der Waals surface area contributed by atoms with Gasteiger partial charge in [-0.25, -0.2) is 0 Å². The van der Waals surface area contributed by atoms with E-state index in [-0.39, 0.29) is 67.3 Å². The van der Waals surface area contributed by atoms with E-state index in [0.29, 0.717) is 23.9 Å². The maximum absolute atomic E-state index is 12.7. The van der Waals surface area contributed by atoms with Gasteiger partial charge in [0.2, 0.25) is 17.7 Å². The summed E-state index contributed by atoms with van der Waals surface area (Å²) in [6.45, 7) is -0.112. The van der Waals surface area contributed by atoms with Crippen LogP contribution in [0.25, 0.3) is 11.2 Å². The van der Waals surface area contributed by atoms with Crippen molar-refractivity contribution in [3.05, 3.63) is 35.4 Å². The number of nitrogens with one attached hydrogen (secondary N) is 3. The Kier molecular flexibility index (Phi) is 15.3. The minimum atomic E-state index is -1.40. The lowest BCUT2D eigenvalue weighted by atomic mass is 10.1. The minimum absolute atomic E-state index is 0.0128. The van der Waals surface area contributed by atoms with Crippen molar-refractivity contribution >= 4 is 64.4 Å². The fraction of sp³-hybridized carbons (Fsp3) is 0.433. The monoisotopic (exact) mass is 749 g/mol. The van der Waals surface area contributed by atoms with Gasteiger partial charge in [0, 0.05) is 32.2 Å². The van der Waals surface area contributed by atoms with Gasteiger partial charge in [-0.3, -0.25) is 33.3 Å². The fourth-order valence-corrected chi connectivity index (χ4v) is 5.45. The summed E-state index contributed by atoms with van der Waals surface area (Å²) >= 11 is 0.673.